The minimum atomic E-state index is -0.245. The van der Waals surface area contributed by atoms with Crippen LogP contribution < -0.4 is 0 Å². The molecule has 2 heteroatoms. The molecule has 1 rings (SSSR count). The van der Waals surface area contributed by atoms with E-state index >= 15 is 0 Å². The number of ether oxygens (including phenoxy) is 1. The Bertz CT molecular complexity index is 166. The Morgan fingerprint density at radius 1 is 1.70 bits per heavy atom. The molecular formula is C8H12O2. The van der Waals surface area contributed by atoms with Gasteiger partial charge in [-0.05, 0) is 25.8 Å². The predicted octanol–water partition coefficient (Wildman–Crippen LogP) is 1.31. The van der Waals surface area contributed by atoms with Gasteiger partial charge in [-0.3, -0.25) is 0 Å². The van der Waals surface area contributed by atoms with E-state index in [0.717, 1.165) is 18.3 Å². The van der Waals surface area contributed by atoms with Gasteiger partial charge in [0.25, 0.3) is 0 Å². The summed E-state index contributed by atoms with van der Waals surface area (Å²) in [4.78, 5) is 10.4. The number of carbonyl (C=O) groups excluding carboxylic acids is 1. The molecule has 56 valence electrons. The Labute approximate surface area is 60.9 Å². The molecule has 0 radical (unpaired) electrons. The fourth-order valence-corrected chi connectivity index (χ4v) is 1.19. The summed E-state index contributed by atoms with van der Waals surface area (Å²) in [6.45, 7) is 4.73. The van der Waals surface area contributed by atoms with Crippen LogP contribution in [0, 0.1) is 0 Å². The van der Waals surface area contributed by atoms with Gasteiger partial charge in [0.15, 0.2) is 6.29 Å². The van der Waals surface area contributed by atoms with E-state index in [0.29, 0.717) is 6.61 Å². The summed E-state index contributed by atoms with van der Waals surface area (Å²) in [5.41, 5.74) is 2.38. The van der Waals surface area contributed by atoms with Crippen molar-refractivity contribution in [1.29, 1.82) is 0 Å². The molecule has 0 saturated carbocycles. The topological polar surface area (TPSA) is 26.3 Å². The molecular weight excluding hydrogens is 128 g/mol. The summed E-state index contributed by atoms with van der Waals surface area (Å²) in [6, 6.07) is 0. The number of hydrogen-bond donors (Lipinski definition) is 0. The van der Waals surface area contributed by atoms with Crippen molar-refractivity contribution in [3.8, 4) is 0 Å². The summed E-state index contributed by atoms with van der Waals surface area (Å²) in [6.07, 6.45) is 1.55. The van der Waals surface area contributed by atoms with Gasteiger partial charge >= 0.3 is 0 Å². The Balaban J connectivity index is 2.77. The normalized spacial score (nSPS) is 25.0. The van der Waals surface area contributed by atoms with Gasteiger partial charge in [-0.1, -0.05) is 5.57 Å². The maximum absolute atomic E-state index is 10.4. The lowest BCUT2D eigenvalue weighted by molar-refractivity contribution is -0.114. The third-order valence-corrected chi connectivity index (χ3v) is 1.78. The van der Waals surface area contributed by atoms with E-state index in [1.165, 1.54) is 5.57 Å². The average Bonchev–Trinajstić information content (AvgIpc) is 2.33. The van der Waals surface area contributed by atoms with Gasteiger partial charge in [-0.2, -0.15) is 0 Å². The largest absolute Gasteiger partial charge is 0.366 e. The van der Waals surface area contributed by atoms with E-state index in [1.54, 1.807) is 0 Å². The lowest BCUT2D eigenvalue weighted by Gasteiger charge is -2.03. The maximum atomic E-state index is 10.4. The molecule has 0 aromatic rings. The number of aldehydes is 1. The number of rotatable bonds is 1. The van der Waals surface area contributed by atoms with Crippen LogP contribution in [0.25, 0.3) is 0 Å². The second-order valence-electron chi connectivity index (χ2n) is 2.70. The summed E-state index contributed by atoms with van der Waals surface area (Å²) >= 11 is 0. The molecule has 0 amide bonds. The monoisotopic (exact) mass is 140 g/mol. The summed E-state index contributed by atoms with van der Waals surface area (Å²) in [5, 5.41) is 0. The van der Waals surface area contributed by atoms with Crippen LogP contribution in [-0.4, -0.2) is 19.0 Å². The van der Waals surface area contributed by atoms with Gasteiger partial charge in [-0.25, -0.2) is 0 Å². The standard InChI is InChI=1S/C8H12O2/c1-6(2)7-3-4-10-8(7)5-9/h5,8H,3-4H2,1-2H3. The van der Waals surface area contributed by atoms with Crippen molar-refractivity contribution in [2.75, 3.05) is 6.61 Å². The number of carbonyl (C=O) groups is 1. The number of hydrogen-bond acceptors (Lipinski definition) is 2. The van der Waals surface area contributed by atoms with Crippen molar-refractivity contribution in [3.63, 3.8) is 0 Å². The first-order chi connectivity index (χ1) is 4.75. The lowest BCUT2D eigenvalue weighted by atomic mass is 10.1. The molecule has 0 N–H and O–H groups in total. The summed E-state index contributed by atoms with van der Waals surface area (Å²) in [5.74, 6) is 0. The fraction of sp³-hybridized carbons (Fsp3) is 0.625. The van der Waals surface area contributed by atoms with Gasteiger partial charge in [-0.15, -0.1) is 0 Å². The van der Waals surface area contributed by atoms with Crippen molar-refractivity contribution in [2.24, 2.45) is 0 Å². The lowest BCUT2D eigenvalue weighted by Crippen LogP contribution is -2.09. The van der Waals surface area contributed by atoms with Gasteiger partial charge in [0.1, 0.15) is 6.10 Å². The third kappa shape index (κ3) is 1.27. The smallest absolute Gasteiger partial charge is 0.152 e. The molecule has 10 heavy (non-hydrogen) atoms. The Hall–Kier alpha value is -0.630. The highest BCUT2D eigenvalue weighted by molar-refractivity contribution is 5.63. The predicted molar refractivity (Wildman–Crippen MR) is 38.8 cm³/mol. The quantitative estimate of drug-likeness (QED) is 0.405. The average molecular weight is 140 g/mol. The van der Waals surface area contributed by atoms with E-state index in [-0.39, 0.29) is 6.10 Å². The van der Waals surface area contributed by atoms with Crippen LogP contribution in [0.2, 0.25) is 0 Å². The maximum Gasteiger partial charge on any atom is 0.152 e. The molecule has 0 bridgehead atoms. The van der Waals surface area contributed by atoms with Crippen molar-refractivity contribution < 1.29 is 9.53 Å². The first-order valence-corrected chi connectivity index (χ1v) is 3.49. The van der Waals surface area contributed by atoms with E-state index in [1.807, 2.05) is 13.8 Å². The molecule has 1 atom stereocenters. The molecule has 1 unspecified atom stereocenters. The molecule has 1 aliphatic heterocycles. The molecule has 1 fully saturated rings. The Kier molecular flexibility index (Phi) is 2.22. The van der Waals surface area contributed by atoms with Crippen LogP contribution in [-0.2, 0) is 9.53 Å². The van der Waals surface area contributed by atoms with Crippen LogP contribution in [0.4, 0.5) is 0 Å². The molecule has 0 aromatic carbocycles. The Morgan fingerprint density at radius 2 is 2.40 bits per heavy atom. The van der Waals surface area contributed by atoms with Crippen molar-refractivity contribution in [1.82, 2.24) is 0 Å². The molecule has 1 aliphatic rings. The summed E-state index contributed by atoms with van der Waals surface area (Å²) in [7, 11) is 0. The van der Waals surface area contributed by atoms with E-state index in [9.17, 15) is 4.79 Å². The molecule has 1 heterocycles. The van der Waals surface area contributed by atoms with Crippen molar-refractivity contribution in [2.45, 2.75) is 26.4 Å². The van der Waals surface area contributed by atoms with Gasteiger partial charge in [0.2, 0.25) is 0 Å². The molecule has 0 aromatic heterocycles. The second kappa shape index (κ2) is 2.97. The van der Waals surface area contributed by atoms with E-state index in [4.69, 9.17) is 4.74 Å². The van der Waals surface area contributed by atoms with Crippen molar-refractivity contribution >= 4 is 6.29 Å². The molecule has 0 aliphatic carbocycles. The van der Waals surface area contributed by atoms with Crippen LogP contribution in [0.1, 0.15) is 20.3 Å². The zero-order valence-corrected chi connectivity index (χ0v) is 6.39. The highest BCUT2D eigenvalue weighted by atomic mass is 16.5. The zero-order valence-electron chi connectivity index (χ0n) is 6.39. The SMILES string of the molecule is CC(C)=C1CCOC1C=O. The molecule has 0 spiro atoms. The fourth-order valence-electron chi connectivity index (χ4n) is 1.19. The van der Waals surface area contributed by atoms with Crippen LogP contribution in [0.5, 0.6) is 0 Å². The summed E-state index contributed by atoms with van der Waals surface area (Å²) < 4.78 is 5.15. The molecule has 2 nitrogen and oxygen atoms in total. The Morgan fingerprint density at radius 3 is 2.80 bits per heavy atom. The minimum Gasteiger partial charge on any atom is -0.366 e. The first-order valence-electron chi connectivity index (χ1n) is 3.49. The highest BCUT2D eigenvalue weighted by Gasteiger charge is 2.21. The highest BCUT2D eigenvalue weighted by Crippen LogP contribution is 2.21. The number of allylic oxidation sites excluding steroid dienone is 1. The van der Waals surface area contributed by atoms with Gasteiger partial charge in [0, 0.05) is 0 Å². The van der Waals surface area contributed by atoms with Crippen LogP contribution in [0.15, 0.2) is 11.1 Å². The van der Waals surface area contributed by atoms with E-state index in [2.05, 4.69) is 0 Å². The zero-order chi connectivity index (χ0) is 7.56. The van der Waals surface area contributed by atoms with Crippen molar-refractivity contribution in [3.05, 3.63) is 11.1 Å². The molecule has 1 saturated heterocycles. The second-order valence-corrected chi connectivity index (χ2v) is 2.70. The third-order valence-electron chi connectivity index (χ3n) is 1.78. The van der Waals surface area contributed by atoms with Gasteiger partial charge < -0.3 is 9.53 Å². The van der Waals surface area contributed by atoms with Crippen LogP contribution >= 0.6 is 0 Å². The van der Waals surface area contributed by atoms with Crippen LogP contribution in [0.3, 0.4) is 0 Å². The first kappa shape index (κ1) is 7.48. The minimum absolute atomic E-state index is 0.245. The van der Waals surface area contributed by atoms with Gasteiger partial charge in [0.05, 0.1) is 6.61 Å². The van der Waals surface area contributed by atoms with E-state index < -0.39 is 0 Å².